The van der Waals surface area contributed by atoms with E-state index in [0.717, 1.165) is 22.5 Å². The van der Waals surface area contributed by atoms with Gasteiger partial charge in [-0.3, -0.25) is 9.36 Å². The molecule has 1 N–H and O–H groups in total. The van der Waals surface area contributed by atoms with Gasteiger partial charge in [-0.25, -0.2) is 0 Å². The Bertz CT molecular complexity index is 1020. The highest BCUT2D eigenvalue weighted by atomic mass is 35.5. The van der Waals surface area contributed by atoms with Gasteiger partial charge in [-0.15, -0.1) is 16.8 Å². The third-order valence-electron chi connectivity index (χ3n) is 4.11. The van der Waals surface area contributed by atoms with Crippen LogP contribution in [0.3, 0.4) is 0 Å². The molecule has 7 heteroatoms. The molecule has 1 aromatic heterocycles. The number of halogens is 1. The summed E-state index contributed by atoms with van der Waals surface area (Å²) in [7, 11) is 0. The van der Waals surface area contributed by atoms with E-state index in [1.165, 1.54) is 11.8 Å². The Kier molecular flexibility index (Phi) is 6.54. The third kappa shape index (κ3) is 4.82. The highest BCUT2D eigenvalue weighted by molar-refractivity contribution is 7.99. The summed E-state index contributed by atoms with van der Waals surface area (Å²) < 4.78 is 1.96. The van der Waals surface area contributed by atoms with Crippen molar-refractivity contribution in [1.82, 2.24) is 14.8 Å². The predicted octanol–water partition coefficient (Wildman–Crippen LogP) is 5.13. The van der Waals surface area contributed by atoms with Crippen molar-refractivity contribution in [3.8, 4) is 11.4 Å². The molecule has 0 fully saturated rings. The number of carbonyl (C=O) groups is 1. The number of anilines is 1. The largest absolute Gasteiger partial charge is 0.325 e. The SMILES string of the molecule is C=CCn1c(SCC(=O)Nc2cc(Cl)ccc2C)nnc1-c1cccc(C)c1. The van der Waals surface area contributed by atoms with Crippen molar-refractivity contribution < 1.29 is 4.79 Å². The molecule has 144 valence electrons. The smallest absolute Gasteiger partial charge is 0.234 e. The number of aromatic nitrogens is 3. The molecular weight excluding hydrogens is 392 g/mol. The number of aryl methyl sites for hydroxylation is 2. The van der Waals surface area contributed by atoms with E-state index in [1.807, 2.05) is 42.7 Å². The maximum absolute atomic E-state index is 12.4. The van der Waals surface area contributed by atoms with Crippen LogP contribution in [0.5, 0.6) is 0 Å². The Morgan fingerprint density at radius 2 is 2.07 bits per heavy atom. The van der Waals surface area contributed by atoms with Crippen LogP contribution in [0.25, 0.3) is 11.4 Å². The second-order valence-electron chi connectivity index (χ2n) is 6.37. The average Bonchev–Trinajstić information content (AvgIpc) is 3.06. The maximum Gasteiger partial charge on any atom is 0.234 e. The molecule has 3 aromatic rings. The lowest BCUT2D eigenvalue weighted by molar-refractivity contribution is -0.113. The molecule has 0 bridgehead atoms. The van der Waals surface area contributed by atoms with E-state index in [-0.39, 0.29) is 11.7 Å². The highest BCUT2D eigenvalue weighted by Crippen LogP contribution is 2.25. The molecule has 28 heavy (non-hydrogen) atoms. The maximum atomic E-state index is 12.4. The van der Waals surface area contributed by atoms with Crippen molar-refractivity contribution >= 4 is 35.0 Å². The van der Waals surface area contributed by atoms with E-state index in [9.17, 15) is 4.79 Å². The van der Waals surface area contributed by atoms with Crippen LogP contribution in [0.2, 0.25) is 5.02 Å². The van der Waals surface area contributed by atoms with E-state index in [4.69, 9.17) is 11.6 Å². The van der Waals surface area contributed by atoms with Gasteiger partial charge in [0.25, 0.3) is 0 Å². The normalized spacial score (nSPS) is 10.7. The molecule has 5 nitrogen and oxygen atoms in total. The number of hydrogen-bond donors (Lipinski definition) is 1. The van der Waals surface area contributed by atoms with Crippen molar-refractivity contribution in [2.24, 2.45) is 0 Å². The van der Waals surface area contributed by atoms with E-state index in [2.05, 4.69) is 28.2 Å². The van der Waals surface area contributed by atoms with Gasteiger partial charge in [-0.1, -0.05) is 59.3 Å². The van der Waals surface area contributed by atoms with Crippen LogP contribution in [0.1, 0.15) is 11.1 Å². The molecule has 0 saturated carbocycles. The Morgan fingerprint density at radius 3 is 2.82 bits per heavy atom. The molecule has 2 aromatic carbocycles. The molecule has 0 aliphatic rings. The fourth-order valence-electron chi connectivity index (χ4n) is 2.73. The van der Waals surface area contributed by atoms with Gasteiger partial charge in [0.2, 0.25) is 5.91 Å². The summed E-state index contributed by atoms with van der Waals surface area (Å²) >= 11 is 7.35. The Labute approximate surface area is 173 Å². The fourth-order valence-corrected chi connectivity index (χ4v) is 3.65. The number of benzene rings is 2. The quantitative estimate of drug-likeness (QED) is 0.431. The molecule has 0 unspecified atom stereocenters. The summed E-state index contributed by atoms with van der Waals surface area (Å²) in [6, 6.07) is 13.5. The molecular formula is C21H21ClN4OS. The Hall–Kier alpha value is -2.57. The van der Waals surface area contributed by atoms with Crippen LogP contribution in [-0.4, -0.2) is 26.4 Å². The van der Waals surface area contributed by atoms with Gasteiger partial charge in [-0.05, 0) is 37.6 Å². The van der Waals surface area contributed by atoms with Crippen LogP contribution >= 0.6 is 23.4 Å². The van der Waals surface area contributed by atoms with Crippen LogP contribution in [-0.2, 0) is 11.3 Å². The third-order valence-corrected chi connectivity index (χ3v) is 5.31. The van der Waals surface area contributed by atoms with Gasteiger partial charge in [0, 0.05) is 22.8 Å². The van der Waals surface area contributed by atoms with E-state index in [0.29, 0.717) is 22.4 Å². The minimum Gasteiger partial charge on any atom is -0.325 e. The van der Waals surface area contributed by atoms with Gasteiger partial charge in [-0.2, -0.15) is 0 Å². The average molecular weight is 413 g/mol. The van der Waals surface area contributed by atoms with Crippen LogP contribution in [0.4, 0.5) is 5.69 Å². The molecule has 0 atom stereocenters. The molecule has 0 aliphatic carbocycles. The first-order valence-electron chi connectivity index (χ1n) is 8.78. The van der Waals surface area contributed by atoms with Crippen molar-refractivity contribution in [1.29, 1.82) is 0 Å². The number of rotatable bonds is 7. The van der Waals surface area contributed by atoms with Crippen LogP contribution in [0, 0.1) is 13.8 Å². The molecule has 0 saturated heterocycles. The van der Waals surface area contributed by atoms with Crippen LogP contribution in [0.15, 0.2) is 60.3 Å². The summed E-state index contributed by atoms with van der Waals surface area (Å²) in [6.45, 7) is 8.35. The van der Waals surface area contributed by atoms with Gasteiger partial charge in [0.05, 0.1) is 5.75 Å². The Balaban J connectivity index is 1.74. The van der Waals surface area contributed by atoms with E-state index >= 15 is 0 Å². The summed E-state index contributed by atoms with van der Waals surface area (Å²) in [5.41, 5.74) is 3.81. The number of amides is 1. The summed E-state index contributed by atoms with van der Waals surface area (Å²) in [5, 5.41) is 12.8. The topological polar surface area (TPSA) is 59.8 Å². The van der Waals surface area contributed by atoms with Crippen LogP contribution < -0.4 is 5.32 Å². The van der Waals surface area contributed by atoms with Gasteiger partial charge < -0.3 is 5.32 Å². The molecule has 0 radical (unpaired) electrons. The van der Waals surface area contributed by atoms with Gasteiger partial charge in [0.1, 0.15) is 0 Å². The number of allylic oxidation sites excluding steroid dienone is 1. The van der Waals surface area contributed by atoms with Crippen molar-refractivity contribution in [3.05, 3.63) is 71.3 Å². The fraction of sp³-hybridized carbons (Fsp3) is 0.190. The number of hydrogen-bond acceptors (Lipinski definition) is 4. The summed E-state index contributed by atoms with van der Waals surface area (Å²) in [5.74, 6) is 0.854. The van der Waals surface area contributed by atoms with E-state index in [1.54, 1.807) is 18.2 Å². The zero-order valence-corrected chi connectivity index (χ0v) is 17.3. The zero-order valence-electron chi connectivity index (χ0n) is 15.8. The lowest BCUT2D eigenvalue weighted by Gasteiger charge is -2.10. The molecule has 1 amide bonds. The monoisotopic (exact) mass is 412 g/mol. The summed E-state index contributed by atoms with van der Waals surface area (Å²) in [6.07, 6.45) is 1.79. The lowest BCUT2D eigenvalue weighted by atomic mass is 10.1. The predicted molar refractivity (Wildman–Crippen MR) is 116 cm³/mol. The number of thioether (sulfide) groups is 1. The van der Waals surface area contributed by atoms with E-state index < -0.39 is 0 Å². The zero-order chi connectivity index (χ0) is 20.1. The number of nitrogens with one attached hydrogen (secondary N) is 1. The minimum absolute atomic E-state index is 0.124. The first-order valence-corrected chi connectivity index (χ1v) is 10.1. The first-order chi connectivity index (χ1) is 13.5. The second-order valence-corrected chi connectivity index (χ2v) is 7.75. The number of carbonyl (C=O) groups excluding carboxylic acids is 1. The summed E-state index contributed by atoms with van der Waals surface area (Å²) in [4.78, 5) is 12.4. The van der Waals surface area contributed by atoms with Gasteiger partial charge >= 0.3 is 0 Å². The Morgan fingerprint density at radius 1 is 1.25 bits per heavy atom. The minimum atomic E-state index is -0.124. The van der Waals surface area contributed by atoms with Crippen molar-refractivity contribution in [2.45, 2.75) is 25.5 Å². The first kappa shape index (κ1) is 20.2. The van der Waals surface area contributed by atoms with Crippen molar-refractivity contribution in [2.75, 3.05) is 11.1 Å². The lowest BCUT2D eigenvalue weighted by Crippen LogP contribution is -2.15. The second kappa shape index (κ2) is 9.08. The number of nitrogens with zero attached hydrogens (tertiary/aromatic N) is 3. The molecule has 0 spiro atoms. The standard InChI is InChI=1S/C21H21ClN4OS/c1-4-10-26-20(16-7-5-6-14(2)11-16)24-25-21(26)28-13-19(27)23-18-12-17(22)9-8-15(18)3/h4-9,11-12H,1,10,13H2,2-3H3,(H,23,27). The van der Waals surface area contributed by atoms with Crippen molar-refractivity contribution in [3.63, 3.8) is 0 Å². The highest BCUT2D eigenvalue weighted by Gasteiger charge is 2.15. The molecule has 0 aliphatic heterocycles. The van der Waals surface area contributed by atoms with Gasteiger partial charge in [0.15, 0.2) is 11.0 Å². The molecule has 1 heterocycles. The molecule has 3 rings (SSSR count).